The fourth-order valence-electron chi connectivity index (χ4n) is 1.52. The predicted octanol–water partition coefficient (Wildman–Crippen LogP) is 2.12. The lowest BCUT2D eigenvalue weighted by Gasteiger charge is -2.18. The number of anilines is 1. The molecule has 1 unspecified atom stereocenters. The highest BCUT2D eigenvalue weighted by Gasteiger charge is 2.10. The average molecular weight is 264 g/mol. The fraction of sp³-hybridized carbons (Fsp3) is 0.429. The van der Waals surface area contributed by atoms with Gasteiger partial charge in [-0.05, 0) is 32.4 Å². The van der Waals surface area contributed by atoms with Crippen molar-refractivity contribution >= 4 is 17.5 Å². The first-order chi connectivity index (χ1) is 8.90. The summed E-state index contributed by atoms with van der Waals surface area (Å²) in [4.78, 5) is 24.6. The number of Topliss-reactive ketones (excluding diaryl/α,β-unsaturated/α-hetero) is 1. The maximum Gasteiger partial charge on any atom is 0.321 e. The van der Waals surface area contributed by atoms with Gasteiger partial charge < -0.3 is 15.3 Å². The summed E-state index contributed by atoms with van der Waals surface area (Å²) in [6.07, 6.45) is 0.0912. The van der Waals surface area contributed by atoms with E-state index >= 15 is 0 Å². The number of amides is 2. The maximum absolute atomic E-state index is 11.9. The van der Waals surface area contributed by atoms with E-state index in [2.05, 4.69) is 5.32 Å². The van der Waals surface area contributed by atoms with Gasteiger partial charge in [-0.2, -0.15) is 0 Å². The summed E-state index contributed by atoms with van der Waals surface area (Å²) in [7, 11) is 1.66. The van der Waals surface area contributed by atoms with E-state index in [9.17, 15) is 14.7 Å². The highest BCUT2D eigenvalue weighted by molar-refractivity contribution is 5.96. The first-order valence-electron chi connectivity index (χ1n) is 6.21. The van der Waals surface area contributed by atoms with E-state index in [1.807, 2.05) is 0 Å². The zero-order valence-corrected chi connectivity index (χ0v) is 11.5. The topological polar surface area (TPSA) is 69.6 Å². The molecule has 0 aromatic heterocycles. The fourth-order valence-corrected chi connectivity index (χ4v) is 1.52. The second kappa shape index (κ2) is 6.89. The number of ketones is 1. The Morgan fingerprint density at radius 3 is 2.68 bits per heavy atom. The van der Waals surface area contributed by atoms with Gasteiger partial charge in [0.2, 0.25) is 0 Å². The molecule has 5 heteroatoms. The van der Waals surface area contributed by atoms with Gasteiger partial charge in [-0.3, -0.25) is 4.79 Å². The Balaban J connectivity index is 2.61. The van der Waals surface area contributed by atoms with Gasteiger partial charge in [0, 0.05) is 24.8 Å². The van der Waals surface area contributed by atoms with Gasteiger partial charge >= 0.3 is 6.03 Å². The number of carbonyl (C=O) groups excluding carboxylic acids is 2. The molecule has 2 amide bonds. The zero-order valence-electron chi connectivity index (χ0n) is 11.5. The van der Waals surface area contributed by atoms with Gasteiger partial charge in [-0.25, -0.2) is 4.79 Å². The molecule has 0 saturated heterocycles. The van der Waals surface area contributed by atoms with Crippen LogP contribution >= 0.6 is 0 Å². The van der Waals surface area contributed by atoms with Crippen LogP contribution in [0.1, 0.15) is 30.6 Å². The van der Waals surface area contributed by atoms with Crippen molar-refractivity contribution in [2.75, 3.05) is 18.9 Å². The molecule has 1 atom stereocenters. The van der Waals surface area contributed by atoms with Gasteiger partial charge in [-0.15, -0.1) is 0 Å². The van der Waals surface area contributed by atoms with Crippen LogP contribution in [0.15, 0.2) is 24.3 Å². The first-order valence-corrected chi connectivity index (χ1v) is 6.21. The largest absolute Gasteiger partial charge is 0.393 e. The minimum Gasteiger partial charge on any atom is -0.393 e. The molecular formula is C14H20N2O3. The molecule has 1 aromatic rings. The van der Waals surface area contributed by atoms with E-state index in [4.69, 9.17) is 0 Å². The van der Waals surface area contributed by atoms with Gasteiger partial charge in [0.15, 0.2) is 5.78 Å². The van der Waals surface area contributed by atoms with Crippen LogP contribution in [0.25, 0.3) is 0 Å². The molecule has 104 valence electrons. The van der Waals surface area contributed by atoms with Gasteiger partial charge in [0.25, 0.3) is 0 Å². The van der Waals surface area contributed by atoms with E-state index in [0.717, 1.165) is 0 Å². The number of nitrogens with one attached hydrogen (secondary N) is 1. The number of aliphatic hydroxyl groups is 1. The van der Waals surface area contributed by atoms with E-state index in [1.165, 1.54) is 11.8 Å². The van der Waals surface area contributed by atoms with Crippen molar-refractivity contribution in [3.05, 3.63) is 29.8 Å². The molecule has 0 radical (unpaired) electrons. The number of rotatable bonds is 5. The molecule has 0 aliphatic carbocycles. The summed E-state index contributed by atoms with van der Waals surface area (Å²) in [5.74, 6) is -0.0430. The van der Waals surface area contributed by atoms with Crippen molar-refractivity contribution in [2.24, 2.45) is 0 Å². The van der Waals surface area contributed by atoms with Crippen LogP contribution in [-0.2, 0) is 0 Å². The molecule has 5 nitrogen and oxygen atoms in total. The van der Waals surface area contributed by atoms with Crippen molar-refractivity contribution in [1.29, 1.82) is 0 Å². The number of hydrogen-bond donors (Lipinski definition) is 2. The van der Waals surface area contributed by atoms with Crippen molar-refractivity contribution < 1.29 is 14.7 Å². The summed E-state index contributed by atoms with van der Waals surface area (Å²) >= 11 is 0. The second-order valence-corrected chi connectivity index (χ2v) is 4.63. The summed E-state index contributed by atoms with van der Waals surface area (Å²) < 4.78 is 0. The molecule has 0 aliphatic heterocycles. The summed E-state index contributed by atoms with van der Waals surface area (Å²) in [5, 5.41) is 11.9. The number of nitrogens with zero attached hydrogens (tertiary/aromatic N) is 1. The van der Waals surface area contributed by atoms with Crippen LogP contribution in [0.4, 0.5) is 10.5 Å². The molecule has 2 N–H and O–H groups in total. The molecule has 0 aliphatic rings. The highest BCUT2D eigenvalue weighted by atomic mass is 16.3. The number of aliphatic hydroxyl groups excluding tert-OH is 1. The summed E-state index contributed by atoms with van der Waals surface area (Å²) in [6, 6.07) is 6.54. The monoisotopic (exact) mass is 264 g/mol. The Kier molecular flexibility index (Phi) is 5.51. The van der Waals surface area contributed by atoms with Gasteiger partial charge in [0.05, 0.1) is 6.10 Å². The third-order valence-corrected chi connectivity index (χ3v) is 2.75. The molecule has 0 saturated carbocycles. The van der Waals surface area contributed by atoms with Crippen LogP contribution < -0.4 is 5.32 Å². The van der Waals surface area contributed by atoms with Crippen molar-refractivity contribution in [3.8, 4) is 0 Å². The molecule has 0 spiro atoms. The number of benzene rings is 1. The first kappa shape index (κ1) is 15.2. The molecule has 0 bridgehead atoms. The average Bonchev–Trinajstić information content (AvgIpc) is 2.36. The van der Waals surface area contributed by atoms with Gasteiger partial charge in [0.1, 0.15) is 0 Å². The Bertz CT molecular complexity index is 458. The van der Waals surface area contributed by atoms with Crippen LogP contribution in [0, 0.1) is 0 Å². The lowest BCUT2D eigenvalue weighted by Crippen LogP contribution is -2.33. The van der Waals surface area contributed by atoms with E-state index < -0.39 is 6.10 Å². The Hall–Kier alpha value is -1.88. The second-order valence-electron chi connectivity index (χ2n) is 4.63. The summed E-state index contributed by atoms with van der Waals surface area (Å²) in [6.45, 7) is 3.63. The molecule has 1 aromatic carbocycles. The van der Waals surface area contributed by atoms with E-state index in [1.54, 1.807) is 38.2 Å². The lowest BCUT2D eigenvalue weighted by molar-refractivity contribution is 0.101. The standard InChI is InChI=1S/C14H20N2O3/c1-10(17)7-8-16(3)14(19)15-13-6-4-5-12(9-13)11(2)18/h4-6,9-10,17H,7-8H2,1-3H3,(H,15,19). The maximum atomic E-state index is 11.9. The molecule has 0 heterocycles. The number of urea groups is 1. The number of hydrogen-bond acceptors (Lipinski definition) is 3. The van der Waals surface area contributed by atoms with Crippen molar-refractivity contribution in [3.63, 3.8) is 0 Å². The minimum absolute atomic E-state index is 0.0430. The number of carbonyl (C=O) groups is 2. The van der Waals surface area contributed by atoms with E-state index in [-0.39, 0.29) is 11.8 Å². The van der Waals surface area contributed by atoms with E-state index in [0.29, 0.717) is 24.2 Å². The quantitative estimate of drug-likeness (QED) is 0.800. The van der Waals surface area contributed by atoms with Crippen molar-refractivity contribution in [2.45, 2.75) is 26.4 Å². The van der Waals surface area contributed by atoms with Gasteiger partial charge in [-0.1, -0.05) is 12.1 Å². The third-order valence-electron chi connectivity index (χ3n) is 2.75. The Morgan fingerprint density at radius 2 is 2.11 bits per heavy atom. The zero-order chi connectivity index (χ0) is 14.4. The summed E-state index contributed by atoms with van der Waals surface area (Å²) in [5.41, 5.74) is 1.14. The highest BCUT2D eigenvalue weighted by Crippen LogP contribution is 2.11. The lowest BCUT2D eigenvalue weighted by atomic mass is 10.1. The smallest absolute Gasteiger partial charge is 0.321 e. The van der Waals surface area contributed by atoms with Crippen LogP contribution in [0.3, 0.4) is 0 Å². The third kappa shape index (κ3) is 5.09. The van der Waals surface area contributed by atoms with Crippen molar-refractivity contribution in [1.82, 2.24) is 4.90 Å². The molecule has 19 heavy (non-hydrogen) atoms. The molecular weight excluding hydrogens is 244 g/mol. The molecule has 1 rings (SSSR count). The SMILES string of the molecule is CC(=O)c1cccc(NC(=O)N(C)CCC(C)O)c1. The van der Waals surface area contributed by atoms with Crippen LogP contribution in [-0.4, -0.2) is 41.5 Å². The normalized spacial score (nSPS) is 11.8. The Labute approximate surface area is 113 Å². The molecule has 0 fully saturated rings. The van der Waals surface area contributed by atoms with Crippen LogP contribution in [0.2, 0.25) is 0 Å². The van der Waals surface area contributed by atoms with Crippen LogP contribution in [0.5, 0.6) is 0 Å². The predicted molar refractivity (Wildman–Crippen MR) is 74.4 cm³/mol. The minimum atomic E-state index is -0.434. The Morgan fingerprint density at radius 1 is 1.42 bits per heavy atom.